The summed E-state index contributed by atoms with van der Waals surface area (Å²) in [7, 11) is 0. The number of amides is 1. The van der Waals surface area contributed by atoms with Gasteiger partial charge in [-0.05, 0) is 31.4 Å². The maximum absolute atomic E-state index is 12.8. The third-order valence-corrected chi connectivity index (χ3v) is 4.36. The lowest BCUT2D eigenvalue weighted by atomic mass is 9.98. The zero-order chi connectivity index (χ0) is 14.9. The van der Waals surface area contributed by atoms with Crippen molar-refractivity contribution in [2.75, 3.05) is 13.1 Å². The Morgan fingerprint density at radius 2 is 1.73 bits per heavy atom. The largest absolute Gasteiger partial charge is 0.338 e. The van der Waals surface area contributed by atoms with E-state index in [0.717, 1.165) is 32.4 Å². The van der Waals surface area contributed by atoms with Gasteiger partial charge in [0.05, 0.1) is 0 Å². The summed E-state index contributed by atoms with van der Waals surface area (Å²) < 4.78 is 0. The molecule has 22 heavy (non-hydrogen) atoms. The van der Waals surface area contributed by atoms with Gasteiger partial charge in [-0.3, -0.25) is 4.79 Å². The highest BCUT2D eigenvalue weighted by Crippen LogP contribution is 2.25. The van der Waals surface area contributed by atoms with Gasteiger partial charge in [0.15, 0.2) is 0 Å². The van der Waals surface area contributed by atoms with Gasteiger partial charge in [0.2, 0.25) is 5.91 Å². The second-order valence-corrected chi connectivity index (χ2v) is 6.08. The average Bonchev–Trinajstić information content (AvgIpc) is 2.81. The highest BCUT2D eigenvalue weighted by molar-refractivity contribution is 5.85. The molecule has 0 unspecified atom stereocenters. The summed E-state index contributed by atoms with van der Waals surface area (Å²) in [5, 5.41) is 0. The Morgan fingerprint density at radius 1 is 1.09 bits per heavy atom. The maximum atomic E-state index is 12.8. The fraction of sp³-hybridized carbons (Fsp3) is 0.611. The first-order valence-corrected chi connectivity index (χ1v) is 8.34. The van der Waals surface area contributed by atoms with Gasteiger partial charge in [-0.2, -0.15) is 0 Å². The molecule has 0 heterocycles. The van der Waals surface area contributed by atoms with Crippen LogP contribution < -0.4 is 5.73 Å². The predicted molar refractivity (Wildman–Crippen MR) is 94.0 cm³/mol. The van der Waals surface area contributed by atoms with Crippen molar-refractivity contribution in [3.05, 3.63) is 35.9 Å². The van der Waals surface area contributed by atoms with Crippen LogP contribution in [0.2, 0.25) is 0 Å². The van der Waals surface area contributed by atoms with E-state index in [4.69, 9.17) is 5.73 Å². The van der Waals surface area contributed by atoms with Gasteiger partial charge in [-0.25, -0.2) is 0 Å². The molecule has 0 bridgehead atoms. The first-order chi connectivity index (χ1) is 10.3. The fourth-order valence-electron chi connectivity index (χ4n) is 3.14. The van der Waals surface area contributed by atoms with Crippen LogP contribution in [-0.4, -0.2) is 23.9 Å². The molecule has 1 aromatic rings. The van der Waals surface area contributed by atoms with Crippen molar-refractivity contribution in [3.63, 3.8) is 0 Å². The Hall–Kier alpha value is -1.06. The molecule has 0 aromatic heterocycles. The lowest BCUT2D eigenvalue weighted by molar-refractivity contribution is -0.136. The number of carbonyl (C=O) groups is 1. The van der Waals surface area contributed by atoms with Crippen LogP contribution in [0.25, 0.3) is 0 Å². The van der Waals surface area contributed by atoms with E-state index in [2.05, 4.69) is 12.1 Å². The molecule has 0 aliphatic heterocycles. The minimum absolute atomic E-state index is 0. The monoisotopic (exact) mass is 324 g/mol. The molecule has 0 spiro atoms. The third kappa shape index (κ3) is 5.98. The van der Waals surface area contributed by atoms with Crippen molar-refractivity contribution in [3.8, 4) is 0 Å². The molecule has 0 saturated heterocycles. The summed E-state index contributed by atoms with van der Waals surface area (Å²) in [6, 6.07) is 10.3. The number of nitrogens with two attached hydrogens (primary N) is 1. The van der Waals surface area contributed by atoms with Gasteiger partial charge in [-0.1, -0.05) is 56.0 Å². The third-order valence-electron chi connectivity index (χ3n) is 4.36. The van der Waals surface area contributed by atoms with Crippen molar-refractivity contribution >= 4 is 18.3 Å². The van der Waals surface area contributed by atoms with E-state index in [1.54, 1.807) is 0 Å². The fourth-order valence-corrected chi connectivity index (χ4v) is 3.14. The molecule has 0 radical (unpaired) electrons. The van der Waals surface area contributed by atoms with Crippen LogP contribution in [0.4, 0.5) is 0 Å². The van der Waals surface area contributed by atoms with Gasteiger partial charge >= 0.3 is 0 Å². The van der Waals surface area contributed by atoms with Gasteiger partial charge < -0.3 is 10.6 Å². The normalized spacial score (nSPS) is 15.7. The minimum Gasteiger partial charge on any atom is -0.338 e. The van der Waals surface area contributed by atoms with Crippen LogP contribution in [0.3, 0.4) is 0 Å². The standard InChI is InChI=1S/C18H28N2O.ClH/c19-13-8-14-20(15-16-9-4-3-5-10-16)18(21)17-11-6-1-2-7-12-17;/h3-5,9-10,17H,1-2,6-8,11-15,19H2;1H. The van der Waals surface area contributed by atoms with Crippen LogP contribution in [0, 0.1) is 5.92 Å². The van der Waals surface area contributed by atoms with Gasteiger partial charge in [0.25, 0.3) is 0 Å². The molecule has 1 aromatic carbocycles. The molecular weight excluding hydrogens is 296 g/mol. The van der Waals surface area contributed by atoms with E-state index in [1.165, 1.54) is 31.2 Å². The lowest BCUT2D eigenvalue weighted by Gasteiger charge is -2.27. The molecule has 2 N–H and O–H groups in total. The zero-order valence-electron chi connectivity index (χ0n) is 13.4. The number of hydrogen-bond acceptors (Lipinski definition) is 2. The van der Waals surface area contributed by atoms with Gasteiger partial charge in [-0.15, -0.1) is 12.4 Å². The molecule has 4 heteroatoms. The average molecular weight is 325 g/mol. The molecule has 1 fully saturated rings. The Labute approximate surface area is 140 Å². The summed E-state index contributed by atoms with van der Waals surface area (Å²) in [6.07, 6.45) is 7.97. The summed E-state index contributed by atoms with van der Waals surface area (Å²) >= 11 is 0. The minimum atomic E-state index is 0. The SMILES string of the molecule is Cl.NCCCN(Cc1ccccc1)C(=O)C1CCCCCC1. The molecule has 124 valence electrons. The van der Waals surface area contributed by atoms with E-state index in [9.17, 15) is 4.79 Å². The smallest absolute Gasteiger partial charge is 0.225 e. The summed E-state index contributed by atoms with van der Waals surface area (Å²) in [6.45, 7) is 2.14. The Morgan fingerprint density at radius 3 is 2.32 bits per heavy atom. The first kappa shape index (κ1) is 19.0. The van der Waals surface area contributed by atoms with Crippen molar-refractivity contribution in [1.29, 1.82) is 0 Å². The number of nitrogens with zero attached hydrogens (tertiary/aromatic N) is 1. The topological polar surface area (TPSA) is 46.3 Å². The highest BCUT2D eigenvalue weighted by atomic mass is 35.5. The van der Waals surface area contributed by atoms with Crippen molar-refractivity contribution < 1.29 is 4.79 Å². The molecule has 3 nitrogen and oxygen atoms in total. The Balaban J connectivity index is 0.00000242. The Kier molecular flexibility index (Phi) is 9.17. The number of halogens is 1. The number of rotatable bonds is 6. The van der Waals surface area contributed by atoms with Crippen LogP contribution >= 0.6 is 12.4 Å². The van der Waals surface area contributed by atoms with Gasteiger partial charge in [0.1, 0.15) is 0 Å². The number of hydrogen-bond donors (Lipinski definition) is 1. The second-order valence-electron chi connectivity index (χ2n) is 6.08. The molecule has 2 rings (SSSR count). The van der Waals surface area contributed by atoms with E-state index in [1.807, 2.05) is 23.1 Å². The molecule has 1 aliphatic rings. The summed E-state index contributed by atoms with van der Waals surface area (Å²) in [4.78, 5) is 14.9. The van der Waals surface area contributed by atoms with E-state index >= 15 is 0 Å². The maximum Gasteiger partial charge on any atom is 0.225 e. The van der Waals surface area contributed by atoms with E-state index < -0.39 is 0 Å². The van der Waals surface area contributed by atoms with Crippen LogP contribution in [-0.2, 0) is 11.3 Å². The van der Waals surface area contributed by atoms with E-state index in [0.29, 0.717) is 12.5 Å². The van der Waals surface area contributed by atoms with Crippen LogP contribution in [0.1, 0.15) is 50.5 Å². The zero-order valence-corrected chi connectivity index (χ0v) is 14.2. The van der Waals surface area contributed by atoms with Gasteiger partial charge in [0, 0.05) is 19.0 Å². The summed E-state index contributed by atoms with van der Waals surface area (Å²) in [5.74, 6) is 0.572. The van der Waals surface area contributed by atoms with Crippen LogP contribution in [0.5, 0.6) is 0 Å². The quantitative estimate of drug-likeness (QED) is 0.810. The molecule has 1 saturated carbocycles. The highest BCUT2D eigenvalue weighted by Gasteiger charge is 2.24. The van der Waals surface area contributed by atoms with E-state index in [-0.39, 0.29) is 18.3 Å². The first-order valence-electron chi connectivity index (χ1n) is 8.34. The lowest BCUT2D eigenvalue weighted by Crippen LogP contribution is -2.37. The molecule has 1 amide bonds. The molecule has 1 aliphatic carbocycles. The molecule has 0 atom stereocenters. The van der Waals surface area contributed by atoms with Crippen LogP contribution in [0.15, 0.2) is 30.3 Å². The summed E-state index contributed by atoms with van der Waals surface area (Å²) in [5.41, 5.74) is 6.84. The van der Waals surface area contributed by atoms with Crippen molar-refractivity contribution in [2.45, 2.75) is 51.5 Å². The predicted octanol–water partition coefficient (Wildman–Crippen LogP) is 3.76. The number of benzene rings is 1. The number of carbonyl (C=O) groups excluding carboxylic acids is 1. The molecular formula is C18H29ClN2O. The second kappa shape index (κ2) is 10.6. The van der Waals surface area contributed by atoms with Crippen molar-refractivity contribution in [2.24, 2.45) is 11.7 Å². The Bertz CT molecular complexity index is 416. The van der Waals surface area contributed by atoms with Crippen molar-refractivity contribution in [1.82, 2.24) is 4.90 Å².